The van der Waals surface area contributed by atoms with Crippen LogP contribution in [0.1, 0.15) is 17.5 Å². The lowest BCUT2D eigenvalue weighted by atomic mass is 10.1. The molecular formula is C11H14ClNO. The summed E-state index contributed by atoms with van der Waals surface area (Å²) >= 11 is 5.48. The van der Waals surface area contributed by atoms with Crippen molar-refractivity contribution in [1.29, 1.82) is 0 Å². The quantitative estimate of drug-likeness (QED) is 0.766. The highest BCUT2D eigenvalue weighted by atomic mass is 35.5. The topological polar surface area (TPSA) is 29.1 Å². The Hall–Kier alpha value is -1.02. The van der Waals surface area contributed by atoms with Gasteiger partial charge in [-0.2, -0.15) is 0 Å². The Morgan fingerprint density at radius 3 is 2.43 bits per heavy atom. The average Bonchev–Trinajstić information content (AvgIpc) is 2.12. The molecule has 0 aromatic heterocycles. The smallest absolute Gasteiger partial charge is 0.225 e. The number of anilines is 1. The number of carbonyl (C=O) groups excluding carboxylic acids is 1. The Morgan fingerprint density at radius 1 is 1.36 bits per heavy atom. The third kappa shape index (κ3) is 2.74. The van der Waals surface area contributed by atoms with E-state index in [4.69, 9.17) is 11.6 Å². The summed E-state index contributed by atoms with van der Waals surface area (Å²) < 4.78 is 0. The van der Waals surface area contributed by atoms with Gasteiger partial charge in [-0.25, -0.2) is 0 Å². The fourth-order valence-corrected chi connectivity index (χ4v) is 1.47. The van der Waals surface area contributed by atoms with Crippen LogP contribution in [-0.4, -0.2) is 11.8 Å². The molecule has 1 rings (SSSR count). The van der Waals surface area contributed by atoms with E-state index in [0.29, 0.717) is 12.3 Å². The van der Waals surface area contributed by atoms with Gasteiger partial charge in [0.05, 0.1) is 0 Å². The second kappa shape index (κ2) is 5.01. The van der Waals surface area contributed by atoms with Gasteiger partial charge in [-0.3, -0.25) is 4.79 Å². The number of carbonyl (C=O) groups is 1. The lowest BCUT2D eigenvalue weighted by Crippen LogP contribution is -2.13. The first kappa shape index (κ1) is 11.1. The molecule has 0 spiro atoms. The first-order chi connectivity index (χ1) is 6.65. The van der Waals surface area contributed by atoms with Crippen LogP contribution in [-0.2, 0) is 4.79 Å². The average molecular weight is 212 g/mol. The molecule has 1 aromatic carbocycles. The van der Waals surface area contributed by atoms with Crippen molar-refractivity contribution >= 4 is 23.2 Å². The third-order valence-corrected chi connectivity index (χ3v) is 2.26. The van der Waals surface area contributed by atoms with Crippen LogP contribution < -0.4 is 5.32 Å². The molecule has 0 aliphatic carbocycles. The fourth-order valence-electron chi connectivity index (χ4n) is 1.30. The number of hydrogen-bond donors (Lipinski definition) is 1. The van der Waals surface area contributed by atoms with Gasteiger partial charge >= 0.3 is 0 Å². The van der Waals surface area contributed by atoms with Gasteiger partial charge < -0.3 is 5.32 Å². The van der Waals surface area contributed by atoms with Gasteiger partial charge in [-0.05, 0) is 25.0 Å². The first-order valence-electron chi connectivity index (χ1n) is 4.57. The predicted molar refractivity (Wildman–Crippen MR) is 59.9 cm³/mol. The summed E-state index contributed by atoms with van der Waals surface area (Å²) in [7, 11) is 0. The molecule has 0 saturated heterocycles. The van der Waals surface area contributed by atoms with E-state index in [-0.39, 0.29) is 5.91 Å². The van der Waals surface area contributed by atoms with Crippen LogP contribution in [0.5, 0.6) is 0 Å². The van der Waals surface area contributed by atoms with Crippen LogP contribution in [0.25, 0.3) is 0 Å². The number of hydrogen-bond acceptors (Lipinski definition) is 1. The van der Waals surface area contributed by atoms with Gasteiger partial charge in [-0.1, -0.05) is 18.2 Å². The molecule has 0 bridgehead atoms. The maximum Gasteiger partial charge on any atom is 0.225 e. The Morgan fingerprint density at radius 2 is 1.93 bits per heavy atom. The van der Waals surface area contributed by atoms with Crippen molar-refractivity contribution in [2.24, 2.45) is 0 Å². The van der Waals surface area contributed by atoms with Crippen LogP contribution in [0, 0.1) is 13.8 Å². The summed E-state index contributed by atoms with van der Waals surface area (Å²) in [5.74, 6) is 0.328. The molecule has 2 nitrogen and oxygen atoms in total. The normalized spacial score (nSPS) is 9.93. The van der Waals surface area contributed by atoms with Gasteiger partial charge in [0.15, 0.2) is 0 Å². The van der Waals surface area contributed by atoms with E-state index in [0.717, 1.165) is 16.8 Å². The van der Waals surface area contributed by atoms with Crippen molar-refractivity contribution in [3.8, 4) is 0 Å². The summed E-state index contributed by atoms with van der Waals surface area (Å²) in [6.45, 7) is 3.95. The molecule has 1 amide bonds. The van der Waals surface area contributed by atoms with Crippen LogP contribution in [0.4, 0.5) is 5.69 Å². The number of alkyl halides is 1. The van der Waals surface area contributed by atoms with Crippen LogP contribution in [0.2, 0.25) is 0 Å². The minimum atomic E-state index is -0.0302. The monoisotopic (exact) mass is 211 g/mol. The summed E-state index contributed by atoms with van der Waals surface area (Å²) in [5, 5.41) is 2.86. The highest BCUT2D eigenvalue weighted by Gasteiger charge is 2.05. The van der Waals surface area contributed by atoms with Gasteiger partial charge in [-0.15, -0.1) is 11.6 Å². The third-order valence-electron chi connectivity index (χ3n) is 2.07. The van der Waals surface area contributed by atoms with E-state index in [1.54, 1.807) is 0 Å². The summed E-state index contributed by atoms with van der Waals surface area (Å²) in [5.41, 5.74) is 3.06. The molecule has 76 valence electrons. The van der Waals surface area contributed by atoms with E-state index >= 15 is 0 Å². The summed E-state index contributed by atoms with van der Waals surface area (Å²) in [4.78, 5) is 11.3. The number of aryl methyl sites for hydroxylation is 2. The second-order valence-corrected chi connectivity index (χ2v) is 3.63. The molecule has 0 aliphatic heterocycles. The van der Waals surface area contributed by atoms with Crippen molar-refractivity contribution in [3.63, 3.8) is 0 Å². The lowest BCUT2D eigenvalue weighted by Gasteiger charge is -2.10. The minimum absolute atomic E-state index is 0.0302. The molecule has 0 unspecified atom stereocenters. The molecule has 14 heavy (non-hydrogen) atoms. The number of para-hydroxylation sites is 1. The summed E-state index contributed by atoms with van der Waals surface area (Å²) in [6, 6.07) is 5.93. The molecule has 3 heteroatoms. The van der Waals surface area contributed by atoms with Gasteiger partial charge in [0.25, 0.3) is 0 Å². The van der Waals surface area contributed by atoms with E-state index in [1.807, 2.05) is 32.0 Å². The number of rotatable bonds is 3. The van der Waals surface area contributed by atoms with Crippen molar-refractivity contribution in [3.05, 3.63) is 29.3 Å². The zero-order chi connectivity index (χ0) is 10.6. The van der Waals surface area contributed by atoms with E-state index in [1.165, 1.54) is 0 Å². The molecule has 1 aromatic rings. The summed E-state index contributed by atoms with van der Waals surface area (Å²) in [6.07, 6.45) is 0.356. The van der Waals surface area contributed by atoms with E-state index in [2.05, 4.69) is 5.32 Å². The molecule has 1 N–H and O–H groups in total. The molecule has 0 saturated carbocycles. The van der Waals surface area contributed by atoms with E-state index < -0.39 is 0 Å². The largest absolute Gasteiger partial charge is 0.326 e. The number of nitrogens with one attached hydrogen (secondary N) is 1. The second-order valence-electron chi connectivity index (χ2n) is 3.25. The molecule has 0 radical (unpaired) electrons. The van der Waals surface area contributed by atoms with Crippen LogP contribution in [0.15, 0.2) is 18.2 Å². The van der Waals surface area contributed by atoms with Crippen molar-refractivity contribution < 1.29 is 4.79 Å². The van der Waals surface area contributed by atoms with Gasteiger partial charge in [0, 0.05) is 18.0 Å². The highest BCUT2D eigenvalue weighted by molar-refractivity contribution is 6.19. The zero-order valence-electron chi connectivity index (χ0n) is 8.43. The molecule has 0 fully saturated rings. The molecular weight excluding hydrogens is 198 g/mol. The molecule has 0 atom stereocenters. The Bertz CT molecular complexity index is 316. The number of amides is 1. The maximum absolute atomic E-state index is 11.3. The lowest BCUT2D eigenvalue weighted by molar-refractivity contribution is -0.115. The van der Waals surface area contributed by atoms with Crippen molar-refractivity contribution in [2.75, 3.05) is 11.2 Å². The Balaban J connectivity index is 2.80. The number of benzene rings is 1. The Labute approximate surface area is 89.3 Å². The van der Waals surface area contributed by atoms with Crippen LogP contribution >= 0.6 is 11.6 Å². The van der Waals surface area contributed by atoms with Crippen molar-refractivity contribution in [1.82, 2.24) is 0 Å². The molecule has 0 aliphatic rings. The fraction of sp³-hybridized carbons (Fsp3) is 0.364. The van der Waals surface area contributed by atoms with Gasteiger partial charge in [0.1, 0.15) is 0 Å². The SMILES string of the molecule is Cc1cccc(C)c1NC(=O)CCCl. The first-order valence-corrected chi connectivity index (χ1v) is 5.10. The Kier molecular flexibility index (Phi) is 3.96. The predicted octanol–water partition coefficient (Wildman–Crippen LogP) is 2.87. The highest BCUT2D eigenvalue weighted by Crippen LogP contribution is 2.19. The number of halogens is 1. The van der Waals surface area contributed by atoms with Crippen LogP contribution in [0.3, 0.4) is 0 Å². The van der Waals surface area contributed by atoms with Crippen molar-refractivity contribution in [2.45, 2.75) is 20.3 Å². The molecule has 0 heterocycles. The standard InChI is InChI=1S/C11H14ClNO/c1-8-4-3-5-9(2)11(8)13-10(14)6-7-12/h3-5H,6-7H2,1-2H3,(H,13,14). The van der Waals surface area contributed by atoms with E-state index in [9.17, 15) is 4.79 Å². The van der Waals surface area contributed by atoms with Gasteiger partial charge in [0.2, 0.25) is 5.91 Å². The zero-order valence-corrected chi connectivity index (χ0v) is 9.19. The minimum Gasteiger partial charge on any atom is -0.326 e. The maximum atomic E-state index is 11.3.